The van der Waals surface area contributed by atoms with Crippen LogP contribution < -0.4 is 15.1 Å². The van der Waals surface area contributed by atoms with Gasteiger partial charge in [0.15, 0.2) is 0 Å². The molecule has 3 rings (SSSR count). The fraction of sp³-hybridized carbons (Fsp3) is 0.654. The van der Waals surface area contributed by atoms with Gasteiger partial charge < -0.3 is 14.5 Å². The van der Waals surface area contributed by atoms with Crippen molar-refractivity contribution in [2.24, 2.45) is 0 Å². The van der Waals surface area contributed by atoms with E-state index in [1.807, 2.05) is 40.7 Å². The molecule has 1 aromatic rings. The third-order valence-electron chi connectivity index (χ3n) is 6.32. The smallest absolute Gasteiger partial charge is 0.410 e. The minimum Gasteiger partial charge on any atom is -0.447 e. The quantitative estimate of drug-likeness (QED) is 0.464. The summed E-state index contributed by atoms with van der Waals surface area (Å²) >= 11 is 0. The monoisotopic (exact) mass is 542 g/mol. The Bertz CT molecular complexity index is 1010. The summed E-state index contributed by atoms with van der Waals surface area (Å²) < 4.78 is 49.8. The number of nitrogens with one attached hydrogen (secondary N) is 2. The molecule has 208 valence electrons. The lowest BCUT2D eigenvalue weighted by Gasteiger charge is -2.33. The van der Waals surface area contributed by atoms with E-state index in [1.54, 1.807) is 16.7 Å². The normalized spacial score (nSPS) is 19.0. The van der Waals surface area contributed by atoms with E-state index in [9.17, 15) is 17.8 Å². The highest BCUT2D eigenvalue weighted by molar-refractivity contribution is 7.84. The molecule has 0 radical (unpaired) electrons. The first-order valence-electron chi connectivity index (χ1n) is 12.8. The number of halogens is 2. The Morgan fingerprint density at radius 3 is 2.35 bits per heavy atom. The van der Waals surface area contributed by atoms with E-state index in [-0.39, 0.29) is 29.6 Å². The van der Waals surface area contributed by atoms with Crippen molar-refractivity contribution in [2.75, 3.05) is 31.1 Å². The number of hydrogen-bond donors (Lipinski definition) is 2. The van der Waals surface area contributed by atoms with Crippen LogP contribution in [0.4, 0.5) is 19.3 Å². The zero-order chi connectivity index (χ0) is 27.3. The molecule has 8 nitrogen and oxygen atoms in total. The summed E-state index contributed by atoms with van der Waals surface area (Å²) in [5.41, 5.74) is 4.24. The highest BCUT2D eigenvalue weighted by Crippen LogP contribution is 2.29. The molecule has 0 aromatic heterocycles. The van der Waals surface area contributed by atoms with Crippen molar-refractivity contribution in [3.05, 3.63) is 41.1 Å². The first-order valence-corrected chi connectivity index (χ1v) is 14.0. The summed E-state index contributed by atoms with van der Waals surface area (Å²) in [5.74, 6) is -1.06. The van der Waals surface area contributed by atoms with Crippen molar-refractivity contribution < 1.29 is 27.4 Å². The lowest BCUT2D eigenvalue weighted by atomic mass is 10.1. The Morgan fingerprint density at radius 2 is 1.78 bits per heavy atom. The molecule has 2 aliphatic rings. The third-order valence-corrected chi connectivity index (χ3v) is 8.00. The average Bonchev–Trinajstić information content (AvgIpc) is 2.83. The zero-order valence-corrected chi connectivity index (χ0v) is 23.4. The van der Waals surface area contributed by atoms with E-state index in [0.717, 1.165) is 5.70 Å². The number of rotatable bonds is 8. The molecular formula is C26H40F2N4O4S. The highest BCUT2D eigenvalue weighted by Gasteiger charge is 2.27. The standard InChI is InChI=1S/C26H40F2N4O4S/c1-17(2)35-25(33)32-13-9-20(10-14-32)36-29-19-7-11-31(12-8-19)24-16-22(27)21(15-23(24)28)18(3)30-37(34)26(4,5)6/h7,15-18,20,29-30H,8-14H2,1-6H3/t18?,37-/m1/s1. The van der Waals surface area contributed by atoms with Gasteiger partial charge in [-0.1, -0.05) is 0 Å². The molecule has 1 saturated heterocycles. The maximum atomic E-state index is 15.0. The lowest BCUT2D eigenvalue weighted by Crippen LogP contribution is -2.43. The zero-order valence-electron chi connectivity index (χ0n) is 22.6. The SMILES string of the molecule is CC(C)OC(=O)N1CCC(ONC2=CCN(c3cc(F)c(C(C)N[S@](=O)C(C)(C)C)cc3F)CC2)CC1. The van der Waals surface area contributed by atoms with Gasteiger partial charge in [0.05, 0.1) is 33.6 Å². The summed E-state index contributed by atoms with van der Waals surface area (Å²) in [5, 5.41) is 0. The van der Waals surface area contributed by atoms with Crippen LogP contribution in [0.25, 0.3) is 0 Å². The number of benzene rings is 1. The Morgan fingerprint density at radius 1 is 1.11 bits per heavy atom. The number of carbonyl (C=O) groups is 1. The van der Waals surface area contributed by atoms with Crippen LogP contribution in [0.3, 0.4) is 0 Å². The van der Waals surface area contributed by atoms with Crippen LogP contribution in [0.2, 0.25) is 0 Å². The first-order chi connectivity index (χ1) is 17.3. The van der Waals surface area contributed by atoms with Gasteiger partial charge in [0.25, 0.3) is 0 Å². The molecule has 0 aliphatic carbocycles. The molecule has 1 aromatic carbocycles. The molecule has 37 heavy (non-hydrogen) atoms. The Balaban J connectivity index is 1.51. The van der Waals surface area contributed by atoms with Crippen molar-refractivity contribution in [1.29, 1.82) is 0 Å². The van der Waals surface area contributed by atoms with Gasteiger partial charge >= 0.3 is 6.09 Å². The number of piperidine rings is 1. The van der Waals surface area contributed by atoms with E-state index in [2.05, 4.69) is 10.2 Å². The van der Waals surface area contributed by atoms with Gasteiger partial charge in [0, 0.05) is 56.0 Å². The fourth-order valence-electron chi connectivity index (χ4n) is 4.10. The fourth-order valence-corrected chi connectivity index (χ4v) is 4.90. The van der Waals surface area contributed by atoms with Gasteiger partial charge in [0.2, 0.25) is 0 Å². The summed E-state index contributed by atoms with van der Waals surface area (Å²) in [6, 6.07) is 1.79. The van der Waals surface area contributed by atoms with Crippen LogP contribution in [0.1, 0.15) is 72.4 Å². The molecule has 2 N–H and O–H groups in total. The minimum absolute atomic E-state index is 0.0238. The maximum absolute atomic E-state index is 15.0. The van der Waals surface area contributed by atoms with Gasteiger partial charge in [-0.25, -0.2) is 22.5 Å². The second kappa shape index (κ2) is 12.5. The topological polar surface area (TPSA) is 83.1 Å². The number of hydrogen-bond acceptors (Lipinski definition) is 6. The second-order valence-corrected chi connectivity index (χ2v) is 12.8. The van der Waals surface area contributed by atoms with E-state index in [1.165, 1.54) is 12.1 Å². The first kappa shape index (κ1) is 29.3. The summed E-state index contributed by atoms with van der Waals surface area (Å²) in [7, 11) is -1.41. The van der Waals surface area contributed by atoms with Crippen LogP contribution in [-0.4, -0.2) is 58.3 Å². The van der Waals surface area contributed by atoms with Crippen LogP contribution in [0.15, 0.2) is 23.9 Å². The van der Waals surface area contributed by atoms with Crippen LogP contribution in [-0.2, 0) is 20.6 Å². The van der Waals surface area contributed by atoms with Gasteiger partial charge in [-0.3, -0.25) is 10.3 Å². The molecule has 0 spiro atoms. The number of amides is 1. The summed E-state index contributed by atoms with van der Waals surface area (Å²) in [4.78, 5) is 21.3. The molecule has 0 saturated carbocycles. The van der Waals surface area contributed by atoms with Crippen molar-refractivity contribution in [3.8, 4) is 0 Å². The van der Waals surface area contributed by atoms with Gasteiger partial charge in [-0.15, -0.1) is 0 Å². The van der Waals surface area contributed by atoms with Gasteiger partial charge in [-0.2, -0.15) is 0 Å². The van der Waals surface area contributed by atoms with Crippen molar-refractivity contribution in [1.82, 2.24) is 15.1 Å². The maximum Gasteiger partial charge on any atom is 0.410 e. The van der Waals surface area contributed by atoms with E-state index < -0.39 is 33.4 Å². The van der Waals surface area contributed by atoms with Crippen molar-refractivity contribution >= 4 is 22.8 Å². The molecule has 1 unspecified atom stereocenters. The number of carbonyl (C=O) groups excluding carboxylic acids is 1. The largest absolute Gasteiger partial charge is 0.447 e. The Kier molecular flexibility index (Phi) is 9.93. The number of hydroxylamine groups is 1. The number of likely N-dealkylation sites (tertiary alicyclic amines) is 1. The molecule has 0 bridgehead atoms. The Labute approximate surface area is 221 Å². The number of ether oxygens (including phenoxy) is 1. The van der Waals surface area contributed by atoms with E-state index >= 15 is 0 Å². The molecule has 2 heterocycles. The molecule has 2 aliphatic heterocycles. The predicted molar refractivity (Wildman–Crippen MR) is 141 cm³/mol. The summed E-state index contributed by atoms with van der Waals surface area (Å²) in [6.45, 7) is 12.8. The minimum atomic E-state index is -1.41. The average molecular weight is 543 g/mol. The highest BCUT2D eigenvalue weighted by atomic mass is 32.2. The van der Waals surface area contributed by atoms with Gasteiger partial charge in [0.1, 0.15) is 11.6 Å². The van der Waals surface area contributed by atoms with Crippen molar-refractivity contribution in [2.45, 2.75) is 83.8 Å². The molecule has 1 amide bonds. The van der Waals surface area contributed by atoms with Crippen LogP contribution in [0, 0.1) is 11.6 Å². The van der Waals surface area contributed by atoms with E-state index in [4.69, 9.17) is 9.57 Å². The summed E-state index contributed by atoms with van der Waals surface area (Å²) in [6.07, 6.45) is 3.43. The Hall–Kier alpha value is -2.24. The number of nitrogens with zero attached hydrogens (tertiary/aromatic N) is 2. The lowest BCUT2D eigenvalue weighted by molar-refractivity contribution is -0.0415. The van der Waals surface area contributed by atoms with Crippen molar-refractivity contribution in [3.63, 3.8) is 0 Å². The van der Waals surface area contributed by atoms with E-state index in [0.29, 0.717) is 45.4 Å². The van der Waals surface area contributed by atoms with Gasteiger partial charge in [-0.05, 0) is 66.5 Å². The van der Waals surface area contributed by atoms with Crippen LogP contribution in [0.5, 0.6) is 0 Å². The number of anilines is 1. The second-order valence-electron chi connectivity index (χ2n) is 10.8. The molecular weight excluding hydrogens is 502 g/mol. The third kappa shape index (κ3) is 8.12. The molecule has 2 atom stereocenters. The molecule has 1 fully saturated rings. The van der Waals surface area contributed by atoms with Crippen LogP contribution >= 0.6 is 0 Å². The predicted octanol–water partition coefficient (Wildman–Crippen LogP) is 4.70. The molecule has 11 heteroatoms.